The smallest absolute Gasteiger partial charge is 0.346 e. The van der Waals surface area contributed by atoms with E-state index < -0.39 is 36.8 Å². The van der Waals surface area contributed by atoms with Crippen LogP contribution in [0.2, 0.25) is 0 Å². The minimum Gasteiger partial charge on any atom is -0.394 e. The standard InChI is InChI=1S/C10H12N4O5/c11-1-4-2-12-10(18)14-8(4)13-9-7(17)6(16)5(3-15)19-9/h2,5-7,9,15-17H,3H2,(H2,12,13,14,18)/t5-,6+,7-,9-/m1/s1. The van der Waals surface area contributed by atoms with Crippen molar-refractivity contribution in [2.45, 2.75) is 24.5 Å². The zero-order chi connectivity index (χ0) is 14.0. The first-order valence-corrected chi connectivity index (χ1v) is 5.45. The molecule has 0 aliphatic carbocycles. The third-order valence-corrected chi connectivity index (χ3v) is 2.75. The second kappa shape index (κ2) is 5.33. The van der Waals surface area contributed by atoms with Gasteiger partial charge < -0.3 is 30.4 Å². The second-order valence-electron chi connectivity index (χ2n) is 3.98. The largest absolute Gasteiger partial charge is 0.394 e. The summed E-state index contributed by atoms with van der Waals surface area (Å²) in [7, 11) is 0. The Bertz CT molecular complexity index is 554. The van der Waals surface area contributed by atoms with Gasteiger partial charge in [0.15, 0.2) is 12.0 Å². The fourth-order valence-corrected chi connectivity index (χ4v) is 1.75. The van der Waals surface area contributed by atoms with Crippen molar-refractivity contribution in [1.29, 1.82) is 5.26 Å². The van der Waals surface area contributed by atoms with E-state index in [9.17, 15) is 15.0 Å². The lowest BCUT2D eigenvalue weighted by Crippen LogP contribution is -2.37. The van der Waals surface area contributed by atoms with E-state index >= 15 is 0 Å². The fraction of sp³-hybridized carbons (Fsp3) is 0.500. The minimum atomic E-state index is -1.32. The van der Waals surface area contributed by atoms with E-state index in [1.165, 1.54) is 6.20 Å². The number of aliphatic hydroxyl groups is 3. The van der Waals surface area contributed by atoms with Crippen molar-refractivity contribution in [1.82, 2.24) is 9.97 Å². The molecule has 2 heterocycles. The molecule has 102 valence electrons. The molecule has 1 aliphatic rings. The highest BCUT2D eigenvalue weighted by atomic mass is 16.6. The van der Waals surface area contributed by atoms with Gasteiger partial charge in [0, 0.05) is 6.20 Å². The zero-order valence-electron chi connectivity index (χ0n) is 9.65. The summed E-state index contributed by atoms with van der Waals surface area (Å²) in [6.45, 7) is -0.468. The van der Waals surface area contributed by atoms with Crippen LogP contribution in [-0.4, -0.2) is 56.4 Å². The van der Waals surface area contributed by atoms with Crippen molar-refractivity contribution >= 4 is 5.82 Å². The molecule has 1 fully saturated rings. The molecular formula is C10H12N4O5. The lowest BCUT2D eigenvalue weighted by atomic mass is 10.1. The molecule has 2 rings (SSSR count). The predicted octanol–water partition coefficient (Wildman–Crippen LogP) is -2.51. The highest BCUT2D eigenvalue weighted by Gasteiger charge is 2.42. The Morgan fingerprint density at radius 3 is 2.84 bits per heavy atom. The third kappa shape index (κ3) is 2.56. The SMILES string of the molecule is N#Cc1c[nH]c(=O)nc1N[C@@H]1O[C@H](CO)[C@H](O)[C@H]1O. The number of aliphatic hydroxyl groups excluding tert-OH is 3. The number of hydrogen-bond donors (Lipinski definition) is 5. The summed E-state index contributed by atoms with van der Waals surface area (Å²) < 4.78 is 5.16. The molecule has 1 aromatic rings. The molecule has 0 bridgehead atoms. The Morgan fingerprint density at radius 1 is 1.53 bits per heavy atom. The van der Waals surface area contributed by atoms with Gasteiger partial charge in [-0.3, -0.25) is 0 Å². The molecule has 0 saturated carbocycles. The summed E-state index contributed by atoms with van der Waals surface area (Å²) in [5.41, 5.74) is -0.620. The van der Waals surface area contributed by atoms with E-state index in [0.29, 0.717) is 0 Å². The summed E-state index contributed by atoms with van der Waals surface area (Å²) in [4.78, 5) is 16.9. The Kier molecular flexibility index (Phi) is 3.77. The predicted molar refractivity (Wildman–Crippen MR) is 61.0 cm³/mol. The van der Waals surface area contributed by atoms with Gasteiger partial charge in [-0.15, -0.1) is 0 Å². The van der Waals surface area contributed by atoms with E-state index in [1.54, 1.807) is 6.07 Å². The number of aromatic amines is 1. The minimum absolute atomic E-state index is 0.0531. The van der Waals surface area contributed by atoms with Gasteiger partial charge in [0.2, 0.25) is 0 Å². The Balaban J connectivity index is 2.21. The number of anilines is 1. The average molecular weight is 268 g/mol. The molecule has 5 N–H and O–H groups in total. The molecule has 1 saturated heterocycles. The van der Waals surface area contributed by atoms with Gasteiger partial charge in [-0.1, -0.05) is 0 Å². The van der Waals surface area contributed by atoms with Gasteiger partial charge in [0.25, 0.3) is 0 Å². The summed E-state index contributed by atoms with van der Waals surface area (Å²) in [6, 6.07) is 1.80. The average Bonchev–Trinajstić information content (AvgIpc) is 2.67. The Morgan fingerprint density at radius 2 is 2.26 bits per heavy atom. The maximum absolute atomic E-state index is 11.1. The Labute approximate surface area is 107 Å². The fourth-order valence-electron chi connectivity index (χ4n) is 1.75. The molecule has 19 heavy (non-hydrogen) atoms. The van der Waals surface area contributed by atoms with Crippen LogP contribution < -0.4 is 11.0 Å². The first-order chi connectivity index (χ1) is 9.06. The van der Waals surface area contributed by atoms with E-state index in [-0.39, 0.29) is 11.4 Å². The van der Waals surface area contributed by atoms with Crippen LogP contribution in [0.25, 0.3) is 0 Å². The van der Waals surface area contributed by atoms with E-state index in [1.807, 2.05) is 0 Å². The van der Waals surface area contributed by atoms with Crippen LogP contribution in [-0.2, 0) is 4.74 Å². The molecule has 0 spiro atoms. The summed E-state index contributed by atoms with van der Waals surface area (Å²) in [5, 5.41) is 39.6. The number of nitrogens with zero attached hydrogens (tertiary/aromatic N) is 2. The summed E-state index contributed by atoms with van der Waals surface area (Å²) >= 11 is 0. The highest BCUT2D eigenvalue weighted by molar-refractivity contribution is 5.50. The van der Waals surface area contributed by atoms with Crippen LogP contribution in [0.4, 0.5) is 5.82 Å². The molecule has 1 aromatic heterocycles. The van der Waals surface area contributed by atoms with E-state index in [4.69, 9.17) is 15.1 Å². The number of ether oxygens (including phenoxy) is 1. The van der Waals surface area contributed by atoms with Crippen LogP contribution in [0.5, 0.6) is 0 Å². The first-order valence-electron chi connectivity index (χ1n) is 5.45. The maximum Gasteiger partial charge on any atom is 0.346 e. The van der Waals surface area contributed by atoms with Crippen LogP contribution >= 0.6 is 0 Å². The zero-order valence-corrected chi connectivity index (χ0v) is 9.65. The van der Waals surface area contributed by atoms with E-state index in [0.717, 1.165) is 0 Å². The van der Waals surface area contributed by atoms with Crippen molar-refractivity contribution in [2.75, 3.05) is 11.9 Å². The van der Waals surface area contributed by atoms with Crippen molar-refractivity contribution in [3.63, 3.8) is 0 Å². The van der Waals surface area contributed by atoms with E-state index in [2.05, 4.69) is 15.3 Å². The third-order valence-electron chi connectivity index (χ3n) is 2.75. The van der Waals surface area contributed by atoms with Crippen molar-refractivity contribution in [2.24, 2.45) is 0 Å². The quantitative estimate of drug-likeness (QED) is 0.403. The van der Waals surface area contributed by atoms with Crippen molar-refractivity contribution in [3.05, 3.63) is 22.2 Å². The molecule has 4 atom stereocenters. The molecular weight excluding hydrogens is 256 g/mol. The lowest BCUT2D eigenvalue weighted by molar-refractivity contribution is -0.0154. The van der Waals surface area contributed by atoms with Crippen LogP contribution in [0.15, 0.2) is 11.0 Å². The topological polar surface area (TPSA) is 151 Å². The molecule has 9 nitrogen and oxygen atoms in total. The van der Waals surface area contributed by atoms with Gasteiger partial charge in [0.1, 0.15) is 29.9 Å². The number of nitriles is 1. The number of rotatable bonds is 3. The van der Waals surface area contributed by atoms with Crippen molar-refractivity contribution in [3.8, 4) is 6.07 Å². The summed E-state index contributed by atoms with van der Waals surface area (Å²) in [6.07, 6.45) is -3.44. The van der Waals surface area contributed by atoms with Gasteiger partial charge in [-0.2, -0.15) is 10.2 Å². The number of nitrogens with one attached hydrogen (secondary N) is 2. The number of aromatic nitrogens is 2. The van der Waals surface area contributed by atoms with Crippen molar-refractivity contribution < 1.29 is 20.1 Å². The van der Waals surface area contributed by atoms with Crippen LogP contribution in [0.3, 0.4) is 0 Å². The van der Waals surface area contributed by atoms with Gasteiger partial charge in [-0.05, 0) is 0 Å². The van der Waals surface area contributed by atoms with Gasteiger partial charge >= 0.3 is 5.69 Å². The monoisotopic (exact) mass is 268 g/mol. The Hall–Kier alpha value is -1.99. The second-order valence-corrected chi connectivity index (χ2v) is 3.98. The number of hydrogen-bond acceptors (Lipinski definition) is 8. The molecule has 0 amide bonds. The molecule has 0 radical (unpaired) electrons. The maximum atomic E-state index is 11.1. The van der Waals surface area contributed by atoms with Gasteiger partial charge in [0.05, 0.1) is 6.61 Å². The summed E-state index contributed by atoms with van der Waals surface area (Å²) in [5.74, 6) is -0.0684. The first kappa shape index (κ1) is 13.4. The number of H-pyrrole nitrogens is 1. The molecule has 0 unspecified atom stereocenters. The molecule has 0 aromatic carbocycles. The van der Waals surface area contributed by atoms with Crippen LogP contribution in [0, 0.1) is 11.3 Å². The highest BCUT2D eigenvalue weighted by Crippen LogP contribution is 2.22. The molecule has 9 heteroatoms. The lowest BCUT2D eigenvalue weighted by Gasteiger charge is -2.17. The molecule has 1 aliphatic heterocycles. The van der Waals surface area contributed by atoms with Gasteiger partial charge in [-0.25, -0.2) is 4.79 Å². The van der Waals surface area contributed by atoms with Crippen LogP contribution in [0.1, 0.15) is 5.56 Å². The normalized spacial score (nSPS) is 30.0.